The van der Waals surface area contributed by atoms with Gasteiger partial charge < -0.3 is 9.80 Å². The molecule has 2 saturated heterocycles. The number of hydrogen-bond donors (Lipinski definition) is 1. The van der Waals surface area contributed by atoms with Crippen molar-refractivity contribution in [1.82, 2.24) is 9.97 Å². The molecule has 0 atom stereocenters. The quantitative estimate of drug-likeness (QED) is 0.713. The van der Waals surface area contributed by atoms with E-state index in [0.717, 1.165) is 31.6 Å². The van der Waals surface area contributed by atoms with Crippen LogP contribution < -0.4 is 15.1 Å². The number of benzene rings is 1. The van der Waals surface area contributed by atoms with Crippen molar-refractivity contribution in [3.8, 4) is 6.07 Å². The van der Waals surface area contributed by atoms with Crippen LogP contribution in [0.2, 0.25) is 0 Å². The molecule has 1 N–H and O–H groups in total. The molecule has 1 spiro atoms. The fourth-order valence-electron chi connectivity index (χ4n) is 4.96. The Morgan fingerprint density at radius 3 is 2.32 bits per heavy atom. The SMILES string of the molecule is Cc1cc(N2CCC(F)(F)CC2)nc(NC(=O)c2ccc(C#N)cc2N2CCC3(CC2)CC3)n1. The Labute approximate surface area is 197 Å². The highest BCUT2D eigenvalue weighted by molar-refractivity contribution is 6.07. The number of nitrogens with one attached hydrogen (secondary N) is 1. The average molecular weight is 467 g/mol. The van der Waals surface area contributed by atoms with Crippen molar-refractivity contribution in [3.05, 3.63) is 41.1 Å². The second-order valence-electron chi connectivity index (χ2n) is 9.82. The van der Waals surface area contributed by atoms with Crippen molar-refractivity contribution in [2.45, 2.75) is 51.4 Å². The first kappa shape index (κ1) is 22.5. The number of nitriles is 1. The molecular formula is C25H28F2N6O. The summed E-state index contributed by atoms with van der Waals surface area (Å²) in [6.07, 6.45) is 4.34. The van der Waals surface area contributed by atoms with E-state index in [2.05, 4.69) is 26.3 Å². The van der Waals surface area contributed by atoms with Crippen LogP contribution in [0.5, 0.6) is 0 Å². The molecule has 178 valence electrons. The highest BCUT2D eigenvalue weighted by atomic mass is 19.3. The maximum atomic E-state index is 13.6. The van der Waals surface area contributed by atoms with E-state index in [4.69, 9.17) is 0 Å². The smallest absolute Gasteiger partial charge is 0.260 e. The number of halogens is 2. The van der Waals surface area contributed by atoms with E-state index in [1.54, 1.807) is 36.1 Å². The van der Waals surface area contributed by atoms with Gasteiger partial charge in [-0.15, -0.1) is 0 Å². The summed E-state index contributed by atoms with van der Waals surface area (Å²) >= 11 is 0. The lowest BCUT2D eigenvalue weighted by Gasteiger charge is -2.35. The number of aromatic nitrogens is 2. The number of nitrogens with zero attached hydrogens (tertiary/aromatic N) is 5. The van der Waals surface area contributed by atoms with Crippen LogP contribution in [0.25, 0.3) is 0 Å². The zero-order valence-corrected chi connectivity index (χ0v) is 19.3. The van der Waals surface area contributed by atoms with Crippen LogP contribution in [0.3, 0.4) is 0 Å². The number of alkyl halides is 2. The van der Waals surface area contributed by atoms with Gasteiger partial charge in [0.25, 0.3) is 11.8 Å². The topological polar surface area (TPSA) is 85.2 Å². The predicted octanol–water partition coefficient (Wildman–Crippen LogP) is 4.52. The minimum atomic E-state index is -2.64. The van der Waals surface area contributed by atoms with Gasteiger partial charge in [-0.2, -0.15) is 10.2 Å². The van der Waals surface area contributed by atoms with Crippen LogP contribution in [0, 0.1) is 23.7 Å². The molecule has 1 amide bonds. The van der Waals surface area contributed by atoms with E-state index in [1.807, 2.05) is 0 Å². The number of piperidine rings is 2. The molecule has 5 rings (SSSR count). The summed E-state index contributed by atoms with van der Waals surface area (Å²) in [5.41, 5.74) is 2.86. The number of rotatable bonds is 4. The summed E-state index contributed by atoms with van der Waals surface area (Å²) in [6, 6.07) is 9.00. The molecule has 0 bridgehead atoms. The summed E-state index contributed by atoms with van der Waals surface area (Å²) in [4.78, 5) is 26.1. The molecular weight excluding hydrogens is 438 g/mol. The van der Waals surface area contributed by atoms with E-state index in [9.17, 15) is 18.8 Å². The van der Waals surface area contributed by atoms with Crippen LogP contribution in [0.1, 0.15) is 60.1 Å². The number of aryl methyl sites for hydroxylation is 1. The van der Waals surface area contributed by atoms with Crippen molar-refractivity contribution in [1.29, 1.82) is 5.26 Å². The molecule has 0 radical (unpaired) electrons. The van der Waals surface area contributed by atoms with Gasteiger partial charge in [0.15, 0.2) is 0 Å². The minimum absolute atomic E-state index is 0.142. The second kappa shape index (κ2) is 8.49. The van der Waals surface area contributed by atoms with Crippen molar-refractivity contribution in [2.24, 2.45) is 5.41 Å². The monoisotopic (exact) mass is 466 g/mol. The molecule has 34 heavy (non-hydrogen) atoms. The summed E-state index contributed by atoms with van der Waals surface area (Å²) in [5.74, 6) is -2.32. The van der Waals surface area contributed by atoms with E-state index in [-0.39, 0.29) is 37.8 Å². The minimum Gasteiger partial charge on any atom is -0.371 e. The number of hydrogen-bond acceptors (Lipinski definition) is 6. The van der Waals surface area contributed by atoms with Gasteiger partial charge in [0.1, 0.15) is 5.82 Å². The van der Waals surface area contributed by atoms with Crippen LogP contribution >= 0.6 is 0 Å². The fourth-order valence-corrected chi connectivity index (χ4v) is 4.96. The highest BCUT2D eigenvalue weighted by Gasteiger charge is 2.44. The third kappa shape index (κ3) is 4.67. The molecule has 9 heteroatoms. The lowest BCUT2D eigenvalue weighted by molar-refractivity contribution is -0.0221. The number of carbonyl (C=O) groups excluding carboxylic acids is 1. The number of anilines is 3. The van der Waals surface area contributed by atoms with E-state index >= 15 is 0 Å². The zero-order chi connectivity index (χ0) is 23.9. The Bertz CT molecular complexity index is 1140. The second-order valence-corrected chi connectivity index (χ2v) is 9.82. The Morgan fingerprint density at radius 2 is 1.68 bits per heavy atom. The Morgan fingerprint density at radius 1 is 1.00 bits per heavy atom. The molecule has 3 heterocycles. The first-order valence-corrected chi connectivity index (χ1v) is 11.8. The van der Waals surface area contributed by atoms with Gasteiger partial charge in [-0.3, -0.25) is 10.1 Å². The van der Waals surface area contributed by atoms with E-state index in [1.165, 1.54) is 12.8 Å². The van der Waals surface area contributed by atoms with Crippen LogP contribution in [0.15, 0.2) is 24.3 Å². The predicted molar refractivity (Wildman–Crippen MR) is 125 cm³/mol. The van der Waals surface area contributed by atoms with Crippen molar-refractivity contribution >= 4 is 23.4 Å². The van der Waals surface area contributed by atoms with E-state index in [0.29, 0.717) is 28.1 Å². The van der Waals surface area contributed by atoms with Gasteiger partial charge in [0, 0.05) is 50.8 Å². The standard InChI is InChI=1S/C25H28F2N6O/c1-17-14-21(33-12-8-25(26,27)9-13-33)30-23(29-17)31-22(34)19-3-2-18(16-28)15-20(19)32-10-6-24(4-5-24)7-11-32/h2-3,14-15H,4-13H2,1H3,(H,29,30,31,34). The fraction of sp³-hybridized carbons (Fsp3) is 0.520. The molecule has 1 aromatic carbocycles. The van der Waals surface area contributed by atoms with Crippen molar-refractivity contribution < 1.29 is 13.6 Å². The lowest BCUT2D eigenvalue weighted by Crippen LogP contribution is -2.40. The van der Waals surface area contributed by atoms with Crippen LogP contribution in [-0.2, 0) is 0 Å². The summed E-state index contributed by atoms with van der Waals surface area (Å²) in [5, 5.41) is 12.2. The van der Waals surface area contributed by atoms with Gasteiger partial charge in [0.2, 0.25) is 5.95 Å². The van der Waals surface area contributed by atoms with Gasteiger partial charge >= 0.3 is 0 Å². The normalized spacial score (nSPS) is 20.6. The van der Waals surface area contributed by atoms with Crippen molar-refractivity contribution in [2.75, 3.05) is 41.3 Å². The molecule has 2 aromatic rings. The zero-order valence-electron chi connectivity index (χ0n) is 19.3. The molecule has 2 aliphatic heterocycles. The summed E-state index contributed by atoms with van der Waals surface area (Å²) in [7, 11) is 0. The average Bonchev–Trinajstić information content (AvgIpc) is 3.57. The largest absolute Gasteiger partial charge is 0.371 e. The number of amides is 1. The molecule has 1 aromatic heterocycles. The molecule has 3 aliphatic rings. The molecule has 1 aliphatic carbocycles. The first-order valence-electron chi connectivity index (χ1n) is 11.8. The lowest BCUT2D eigenvalue weighted by atomic mass is 9.92. The van der Waals surface area contributed by atoms with Crippen LogP contribution in [-0.4, -0.2) is 48.0 Å². The Balaban J connectivity index is 1.36. The van der Waals surface area contributed by atoms with Gasteiger partial charge in [0.05, 0.1) is 22.9 Å². The molecule has 7 nitrogen and oxygen atoms in total. The van der Waals surface area contributed by atoms with Crippen LogP contribution in [0.4, 0.5) is 26.2 Å². The number of carbonyl (C=O) groups is 1. The Kier molecular flexibility index (Phi) is 5.62. The maximum absolute atomic E-state index is 13.6. The molecule has 3 fully saturated rings. The Hall–Kier alpha value is -3.28. The van der Waals surface area contributed by atoms with Gasteiger partial charge in [-0.05, 0) is 56.2 Å². The van der Waals surface area contributed by atoms with E-state index < -0.39 is 5.92 Å². The summed E-state index contributed by atoms with van der Waals surface area (Å²) < 4.78 is 27.1. The highest BCUT2D eigenvalue weighted by Crippen LogP contribution is 2.54. The third-order valence-corrected chi connectivity index (χ3v) is 7.38. The van der Waals surface area contributed by atoms with Gasteiger partial charge in [-0.1, -0.05) is 0 Å². The molecule has 0 unspecified atom stereocenters. The molecule has 1 saturated carbocycles. The summed E-state index contributed by atoms with van der Waals surface area (Å²) in [6.45, 7) is 3.91. The first-order chi connectivity index (χ1) is 16.3. The maximum Gasteiger partial charge on any atom is 0.260 e. The van der Waals surface area contributed by atoms with Gasteiger partial charge in [-0.25, -0.2) is 13.8 Å². The third-order valence-electron chi connectivity index (χ3n) is 7.38. The van der Waals surface area contributed by atoms with Crippen molar-refractivity contribution in [3.63, 3.8) is 0 Å².